The molecule has 0 radical (unpaired) electrons. The van der Waals surface area contributed by atoms with Crippen LogP contribution in [0.2, 0.25) is 0 Å². The minimum absolute atomic E-state index is 0.0256. The van der Waals surface area contributed by atoms with Crippen LogP contribution in [0.3, 0.4) is 0 Å². The molecular formula is C20H28N4O2. The molecule has 0 aromatic carbocycles. The van der Waals surface area contributed by atoms with Gasteiger partial charge in [-0.2, -0.15) is 5.10 Å². The Kier molecular flexibility index (Phi) is 4.47. The van der Waals surface area contributed by atoms with E-state index < -0.39 is 0 Å². The fourth-order valence-corrected chi connectivity index (χ4v) is 3.66. The summed E-state index contributed by atoms with van der Waals surface area (Å²) in [6.45, 7) is 8.81. The number of rotatable bonds is 5. The van der Waals surface area contributed by atoms with Crippen LogP contribution in [0.4, 0.5) is 0 Å². The van der Waals surface area contributed by atoms with Gasteiger partial charge in [-0.05, 0) is 38.3 Å². The van der Waals surface area contributed by atoms with E-state index in [0.29, 0.717) is 18.5 Å². The molecule has 3 heterocycles. The number of hydrogen-bond donors (Lipinski definition) is 0. The quantitative estimate of drug-likeness (QED) is 0.824. The van der Waals surface area contributed by atoms with Crippen molar-refractivity contribution in [1.82, 2.24) is 19.8 Å². The molecule has 0 spiro atoms. The third-order valence-electron chi connectivity index (χ3n) is 5.44. The van der Waals surface area contributed by atoms with E-state index in [1.165, 1.54) is 12.8 Å². The molecule has 1 aliphatic heterocycles. The number of aromatic nitrogens is 3. The highest BCUT2D eigenvalue weighted by molar-refractivity contribution is 5.15. The molecule has 1 aliphatic carbocycles. The lowest BCUT2D eigenvalue weighted by atomic mass is 9.92. The van der Waals surface area contributed by atoms with Crippen LogP contribution >= 0.6 is 0 Å². The third-order valence-corrected chi connectivity index (χ3v) is 5.44. The second kappa shape index (κ2) is 6.65. The molecule has 140 valence electrons. The molecule has 1 atom stereocenters. The molecule has 2 aromatic rings. The zero-order valence-corrected chi connectivity index (χ0v) is 15.9. The first-order valence-corrected chi connectivity index (χ1v) is 9.68. The molecule has 2 fully saturated rings. The third kappa shape index (κ3) is 3.75. The Morgan fingerprint density at radius 1 is 1.23 bits per heavy atom. The number of nitrogens with zero attached hydrogens (tertiary/aromatic N) is 4. The first kappa shape index (κ1) is 17.5. The van der Waals surface area contributed by atoms with E-state index in [1.807, 2.05) is 6.07 Å². The molecule has 1 saturated carbocycles. The summed E-state index contributed by atoms with van der Waals surface area (Å²) in [5.74, 6) is 1.63. The zero-order valence-electron chi connectivity index (χ0n) is 15.9. The summed E-state index contributed by atoms with van der Waals surface area (Å²) in [6.07, 6.45) is 4.67. The summed E-state index contributed by atoms with van der Waals surface area (Å²) < 4.78 is 7.12. The molecule has 0 amide bonds. The predicted molar refractivity (Wildman–Crippen MR) is 99.1 cm³/mol. The Morgan fingerprint density at radius 3 is 2.77 bits per heavy atom. The lowest BCUT2D eigenvalue weighted by molar-refractivity contribution is 0.209. The summed E-state index contributed by atoms with van der Waals surface area (Å²) >= 11 is 0. The molecule has 2 aliphatic rings. The second-order valence-electron chi connectivity index (χ2n) is 8.75. The van der Waals surface area contributed by atoms with E-state index in [-0.39, 0.29) is 11.0 Å². The van der Waals surface area contributed by atoms with Crippen molar-refractivity contribution in [2.24, 2.45) is 0 Å². The highest BCUT2D eigenvalue weighted by Crippen LogP contribution is 2.40. The normalized spacial score (nSPS) is 21.4. The fourth-order valence-electron chi connectivity index (χ4n) is 3.66. The van der Waals surface area contributed by atoms with Crippen LogP contribution in [0.15, 0.2) is 27.5 Å². The van der Waals surface area contributed by atoms with Crippen LogP contribution in [0.1, 0.15) is 69.5 Å². The summed E-state index contributed by atoms with van der Waals surface area (Å²) in [6, 6.07) is 5.92. The van der Waals surface area contributed by atoms with Gasteiger partial charge in [0.1, 0.15) is 5.76 Å². The summed E-state index contributed by atoms with van der Waals surface area (Å²) in [4.78, 5) is 14.7. The summed E-state index contributed by atoms with van der Waals surface area (Å²) in [5, 5.41) is 8.87. The average molecular weight is 356 g/mol. The van der Waals surface area contributed by atoms with E-state index in [4.69, 9.17) is 4.52 Å². The molecule has 1 saturated heterocycles. The molecule has 2 aromatic heterocycles. The molecule has 0 N–H and O–H groups in total. The predicted octanol–water partition coefficient (Wildman–Crippen LogP) is 3.07. The van der Waals surface area contributed by atoms with Crippen molar-refractivity contribution in [1.29, 1.82) is 0 Å². The molecule has 6 heteroatoms. The van der Waals surface area contributed by atoms with E-state index in [9.17, 15) is 4.79 Å². The van der Waals surface area contributed by atoms with Crippen LogP contribution < -0.4 is 5.56 Å². The van der Waals surface area contributed by atoms with Crippen molar-refractivity contribution in [3.05, 3.63) is 45.7 Å². The molecule has 1 unspecified atom stereocenters. The largest absolute Gasteiger partial charge is 0.361 e. The maximum atomic E-state index is 12.3. The van der Waals surface area contributed by atoms with Crippen molar-refractivity contribution in [3.8, 4) is 0 Å². The highest BCUT2D eigenvalue weighted by Gasteiger charge is 2.30. The monoisotopic (exact) mass is 356 g/mol. The SMILES string of the molecule is CC(C)(C)c1ccc(=O)n(CC2CCCN2Cc2cc(C3CC3)on2)n1. The molecule has 0 bridgehead atoms. The van der Waals surface area contributed by atoms with Crippen LogP contribution in [0.5, 0.6) is 0 Å². The summed E-state index contributed by atoms with van der Waals surface area (Å²) in [7, 11) is 0. The van der Waals surface area contributed by atoms with Gasteiger partial charge >= 0.3 is 0 Å². The van der Waals surface area contributed by atoms with Gasteiger partial charge in [0.2, 0.25) is 0 Å². The standard InChI is InChI=1S/C20H28N4O2/c1-20(2,3)18-8-9-19(25)24(21-18)13-16-5-4-10-23(16)12-15-11-17(26-22-15)14-6-7-14/h8-9,11,14,16H,4-7,10,12-13H2,1-3H3. The van der Waals surface area contributed by atoms with Gasteiger partial charge in [-0.3, -0.25) is 9.69 Å². The van der Waals surface area contributed by atoms with E-state index >= 15 is 0 Å². The van der Waals surface area contributed by atoms with Crippen LogP contribution in [-0.2, 0) is 18.5 Å². The van der Waals surface area contributed by atoms with Gasteiger partial charge in [-0.25, -0.2) is 4.68 Å². The molecule has 6 nitrogen and oxygen atoms in total. The highest BCUT2D eigenvalue weighted by atomic mass is 16.5. The van der Waals surface area contributed by atoms with Crippen molar-refractivity contribution in [2.45, 2.75) is 76.9 Å². The molecule has 26 heavy (non-hydrogen) atoms. The van der Waals surface area contributed by atoms with Gasteiger partial charge in [0.05, 0.1) is 17.9 Å². The van der Waals surface area contributed by atoms with Crippen molar-refractivity contribution >= 4 is 0 Å². The maximum Gasteiger partial charge on any atom is 0.266 e. The van der Waals surface area contributed by atoms with Crippen molar-refractivity contribution in [3.63, 3.8) is 0 Å². The van der Waals surface area contributed by atoms with Gasteiger partial charge < -0.3 is 4.52 Å². The zero-order chi connectivity index (χ0) is 18.3. The first-order chi connectivity index (χ1) is 12.4. The average Bonchev–Trinajstić information content (AvgIpc) is 3.18. The Morgan fingerprint density at radius 2 is 2.04 bits per heavy atom. The Balaban J connectivity index is 1.47. The van der Waals surface area contributed by atoms with E-state index in [2.05, 4.69) is 42.0 Å². The van der Waals surface area contributed by atoms with Gasteiger partial charge in [-0.1, -0.05) is 25.9 Å². The fraction of sp³-hybridized carbons (Fsp3) is 0.650. The number of likely N-dealkylation sites (tertiary alicyclic amines) is 1. The van der Waals surface area contributed by atoms with Gasteiger partial charge in [0, 0.05) is 36.1 Å². The smallest absolute Gasteiger partial charge is 0.266 e. The van der Waals surface area contributed by atoms with Crippen molar-refractivity contribution < 1.29 is 4.52 Å². The second-order valence-corrected chi connectivity index (χ2v) is 8.75. The maximum absolute atomic E-state index is 12.3. The number of hydrogen-bond acceptors (Lipinski definition) is 5. The van der Waals surface area contributed by atoms with E-state index in [0.717, 1.165) is 43.1 Å². The lowest BCUT2D eigenvalue weighted by Crippen LogP contribution is -2.37. The minimum atomic E-state index is -0.0647. The Hall–Kier alpha value is -1.95. The van der Waals surface area contributed by atoms with E-state index in [1.54, 1.807) is 10.7 Å². The topological polar surface area (TPSA) is 64.2 Å². The van der Waals surface area contributed by atoms with Gasteiger partial charge in [0.25, 0.3) is 5.56 Å². The van der Waals surface area contributed by atoms with Crippen LogP contribution in [0.25, 0.3) is 0 Å². The Labute approximate surface area is 154 Å². The minimum Gasteiger partial charge on any atom is -0.361 e. The van der Waals surface area contributed by atoms with Crippen LogP contribution in [-0.4, -0.2) is 32.4 Å². The van der Waals surface area contributed by atoms with Crippen LogP contribution in [0, 0.1) is 0 Å². The molecular weight excluding hydrogens is 328 g/mol. The van der Waals surface area contributed by atoms with Gasteiger partial charge in [0.15, 0.2) is 0 Å². The lowest BCUT2D eigenvalue weighted by Gasteiger charge is -2.24. The summed E-state index contributed by atoms with van der Waals surface area (Å²) in [5.41, 5.74) is 1.86. The van der Waals surface area contributed by atoms with Crippen molar-refractivity contribution in [2.75, 3.05) is 6.54 Å². The molecule has 4 rings (SSSR count). The first-order valence-electron chi connectivity index (χ1n) is 9.68. The van der Waals surface area contributed by atoms with Gasteiger partial charge in [-0.15, -0.1) is 0 Å². The Bertz CT molecular complexity index is 829.